The first-order valence-electron chi connectivity index (χ1n) is 14.2. The molecular weight excluding hydrogens is 499 g/mol. The molecule has 0 aliphatic heterocycles. The zero-order valence-electron chi connectivity index (χ0n) is 24.1. The number of rotatable bonds is 24. The van der Waals surface area contributed by atoms with Crippen LogP contribution in [0.2, 0.25) is 0 Å². The van der Waals surface area contributed by atoms with E-state index in [1.165, 1.54) is 89.9 Å². The van der Waals surface area contributed by atoms with Crippen molar-refractivity contribution in [2.75, 3.05) is 48.0 Å². The first-order valence-corrected chi connectivity index (χ1v) is 15.8. The third kappa shape index (κ3) is 20.9. The molecule has 0 fully saturated rings. The standard InChI is InChI=1S/C26H52N6O3S.Na/c1-4-6-8-10-12-14-16-18-20-27-24-29-25(28-21-19-17-15-13-11-9-7-5-2)31-26(30-24)32(3)22-23-36(33,34)35;/h4-23H2,1-3H3,(H,33,34,35)(H2,27,28,29,30,31);/q;+1/p-1. The van der Waals surface area contributed by atoms with Gasteiger partial charge in [0, 0.05) is 26.7 Å². The molecule has 0 amide bonds. The van der Waals surface area contributed by atoms with Crippen LogP contribution >= 0.6 is 0 Å². The fraction of sp³-hybridized carbons (Fsp3) is 0.885. The normalized spacial score (nSPS) is 11.2. The molecule has 1 aromatic rings. The van der Waals surface area contributed by atoms with Gasteiger partial charge in [-0.3, -0.25) is 0 Å². The molecule has 0 radical (unpaired) electrons. The minimum Gasteiger partial charge on any atom is -0.748 e. The molecule has 0 atom stereocenters. The molecule has 0 spiro atoms. The van der Waals surface area contributed by atoms with Crippen LogP contribution in [0.25, 0.3) is 0 Å². The van der Waals surface area contributed by atoms with Gasteiger partial charge in [0.25, 0.3) is 0 Å². The number of nitrogens with zero attached hydrogens (tertiary/aromatic N) is 4. The topological polar surface area (TPSA) is 123 Å². The van der Waals surface area contributed by atoms with Gasteiger partial charge in [-0.15, -0.1) is 0 Å². The van der Waals surface area contributed by atoms with Crippen LogP contribution in [0.15, 0.2) is 0 Å². The Morgan fingerprint density at radius 3 is 1.43 bits per heavy atom. The second-order valence-electron chi connectivity index (χ2n) is 9.77. The van der Waals surface area contributed by atoms with Gasteiger partial charge < -0.3 is 20.1 Å². The van der Waals surface area contributed by atoms with Crippen molar-refractivity contribution in [3.63, 3.8) is 0 Å². The van der Waals surface area contributed by atoms with E-state index in [9.17, 15) is 13.0 Å². The van der Waals surface area contributed by atoms with Crippen LogP contribution in [0.4, 0.5) is 17.8 Å². The molecule has 0 aliphatic rings. The Kier molecular flexibility index (Phi) is 22.8. The minimum absolute atomic E-state index is 0. The molecule has 210 valence electrons. The van der Waals surface area contributed by atoms with Crippen molar-refractivity contribution >= 4 is 28.0 Å². The molecule has 1 rings (SSSR count). The summed E-state index contributed by atoms with van der Waals surface area (Å²) in [6.45, 7) is 6.05. The van der Waals surface area contributed by atoms with Crippen molar-refractivity contribution in [3.8, 4) is 0 Å². The second-order valence-corrected chi connectivity index (χ2v) is 11.3. The van der Waals surface area contributed by atoms with Crippen molar-refractivity contribution < 1.29 is 42.5 Å². The maximum Gasteiger partial charge on any atom is 1.00 e. The molecule has 0 aliphatic carbocycles. The maximum absolute atomic E-state index is 11.0. The molecule has 0 saturated carbocycles. The van der Waals surface area contributed by atoms with E-state index in [2.05, 4.69) is 39.4 Å². The van der Waals surface area contributed by atoms with E-state index in [-0.39, 0.29) is 36.1 Å². The first kappa shape index (κ1) is 36.3. The van der Waals surface area contributed by atoms with Crippen LogP contribution in [0.1, 0.15) is 117 Å². The molecule has 1 heterocycles. The van der Waals surface area contributed by atoms with E-state index in [1.807, 2.05) is 0 Å². The van der Waals surface area contributed by atoms with E-state index >= 15 is 0 Å². The smallest absolute Gasteiger partial charge is 0.748 e. The number of anilines is 3. The zero-order valence-corrected chi connectivity index (χ0v) is 26.9. The summed E-state index contributed by atoms with van der Waals surface area (Å²) in [6.07, 6.45) is 20.0. The van der Waals surface area contributed by atoms with E-state index < -0.39 is 15.9 Å². The average Bonchev–Trinajstić information content (AvgIpc) is 2.84. The molecule has 0 aromatic carbocycles. The van der Waals surface area contributed by atoms with Crippen molar-refractivity contribution in [2.45, 2.75) is 117 Å². The van der Waals surface area contributed by atoms with Crippen LogP contribution in [0, 0.1) is 0 Å². The van der Waals surface area contributed by atoms with E-state index in [0.29, 0.717) is 17.8 Å². The SMILES string of the molecule is CCCCCCCCCCNc1nc(NCCCCCCCCCC)nc(N(C)CCS(=O)(=O)[O-])n1.[Na+]. The predicted octanol–water partition coefficient (Wildman–Crippen LogP) is 2.96. The van der Waals surface area contributed by atoms with Gasteiger partial charge in [-0.25, -0.2) is 8.42 Å². The number of aromatic nitrogens is 3. The van der Waals surface area contributed by atoms with E-state index in [1.54, 1.807) is 11.9 Å². The van der Waals surface area contributed by atoms with Crippen molar-refractivity contribution in [3.05, 3.63) is 0 Å². The zero-order chi connectivity index (χ0) is 26.5. The number of nitrogens with one attached hydrogen (secondary N) is 2. The van der Waals surface area contributed by atoms with Crippen LogP contribution in [0.3, 0.4) is 0 Å². The number of hydrogen-bond donors (Lipinski definition) is 2. The summed E-state index contributed by atoms with van der Waals surface area (Å²) in [6, 6.07) is 0. The van der Waals surface area contributed by atoms with Gasteiger partial charge in [-0.2, -0.15) is 15.0 Å². The molecular formula is C26H51N6NaO3S. The monoisotopic (exact) mass is 550 g/mol. The summed E-state index contributed by atoms with van der Waals surface area (Å²) in [5, 5.41) is 6.58. The predicted molar refractivity (Wildman–Crippen MR) is 150 cm³/mol. The molecule has 1 aromatic heterocycles. The summed E-state index contributed by atoms with van der Waals surface area (Å²) in [4.78, 5) is 15.0. The largest absolute Gasteiger partial charge is 1.00 e. The van der Waals surface area contributed by atoms with Gasteiger partial charge in [0.15, 0.2) is 0 Å². The Morgan fingerprint density at radius 1 is 0.676 bits per heavy atom. The van der Waals surface area contributed by atoms with Crippen LogP contribution in [-0.2, 0) is 10.1 Å². The van der Waals surface area contributed by atoms with Gasteiger partial charge in [0.05, 0.1) is 15.9 Å². The fourth-order valence-corrected chi connectivity index (χ4v) is 4.46. The number of unbranched alkanes of at least 4 members (excludes halogenated alkanes) is 14. The van der Waals surface area contributed by atoms with E-state index in [0.717, 1.165) is 25.9 Å². The Bertz CT molecular complexity index is 745. The molecule has 0 saturated heterocycles. The van der Waals surface area contributed by atoms with Crippen LogP contribution in [0.5, 0.6) is 0 Å². The van der Waals surface area contributed by atoms with Gasteiger partial charge in [-0.05, 0) is 12.8 Å². The van der Waals surface area contributed by atoms with Gasteiger partial charge >= 0.3 is 29.6 Å². The van der Waals surface area contributed by atoms with Gasteiger partial charge in [0.1, 0.15) is 0 Å². The third-order valence-corrected chi connectivity index (χ3v) is 6.95. The average molecular weight is 551 g/mol. The molecule has 11 heteroatoms. The quantitative estimate of drug-likeness (QED) is 0.114. The fourth-order valence-electron chi connectivity index (χ4n) is 3.96. The van der Waals surface area contributed by atoms with Crippen LogP contribution in [-0.4, -0.2) is 60.4 Å². The Morgan fingerprint density at radius 2 is 1.05 bits per heavy atom. The Balaban J connectivity index is 0.0000130. The molecule has 0 unspecified atom stereocenters. The number of hydrogen-bond acceptors (Lipinski definition) is 9. The summed E-state index contributed by atoms with van der Waals surface area (Å²) in [7, 11) is -2.62. The second kappa shape index (κ2) is 23.2. The van der Waals surface area contributed by atoms with Crippen LogP contribution < -0.4 is 45.1 Å². The molecule has 0 bridgehead atoms. The summed E-state index contributed by atoms with van der Waals surface area (Å²) >= 11 is 0. The minimum atomic E-state index is -4.30. The maximum atomic E-state index is 11.0. The van der Waals surface area contributed by atoms with Crippen molar-refractivity contribution in [1.82, 2.24) is 15.0 Å². The summed E-state index contributed by atoms with van der Waals surface area (Å²) < 4.78 is 33.1. The van der Waals surface area contributed by atoms with Gasteiger partial charge in [-0.1, -0.05) is 104 Å². The molecule has 9 nitrogen and oxygen atoms in total. The van der Waals surface area contributed by atoms with E-state index in [4.69, 9.17) is 0 Å². The Labute approximate surface area is 248 Å². The van der Waals surface area contributed by atoms with Crippen molar-refractivity contribution in [1.29, 1.82) is 0 Å². The molecule has 2 N–H and O–H groups in total. The Hall–Kier alpha value is -0.680. The van der Waals surface area contributed by atoms with Crippen molar-refractivity contribution in [2.24, 2.45) is 0 Å². The van der Waals surface area contributed by atoms with Gasteiger partial charge in [0.2, 0.25) is 17.8 Å². The summed E-state index contributed by atoms with van der Waals surface area (Å²) in [5.74, 6) is 0.805. The summed E-state index contributed by atoms with van der Waals surface area (Å²) in [5.41, 5.74) is 0. The first-order chi connectivity index (χ1) is 17.4. The third-order valence-electron chi connectivity index (χ3n) is 6.27. The molecule has 37 heavy (non-hydrogen) atoms.